The first kappa shape index (κ1) is 22.9. The number of fused-ring (bicyclic) bond motifs is 4. The molecule has 4 aliphatic carbocycles. The molecule has 1 nitrogen and oxygen atoms in total. The molecule has 30 heavy (non-hydrogen) atoms. The third-order valence-corrected chi connectivity index (χ3v) is 11.2. The number of hydrogen-bond acceptors (Lipinski definition) is 1. The average molecular weight is 415 g/mol. The molecule has 172 valence electrons. The minimum Gasteiger partial charge on any atom is -0.393 e. The minimum atomic E-state index is -0.0337. The lowest BCUT2D eigenvalue weighted by Gasteiger charge is -2.55. The van der Waals surface area contributed by atoms with Crippen molar-refractivity contribution in [2.24, 2.45) is 46.3 Å². The first-order valence-electron chi connectivity index (χ1n) is 13.6. The van der Waals surface area contributed by atoms with Gasteiger partial charge in [-0.15, -0.1) is 0 Å². The van der Waals surface area contributed by atoms with Gasteiger partial charge in [0.05, 0.1) is 6.10 Å². The van der Waals surface area contributed by atoms with E-state index in [1.54, 1.807) is 0 Å². The topological polar surface area (TPSA) is 20.2 Å². The van der Waals surface area contributed by atoms with Crippen molar-refractivity contribution in [1.82, 2.24) is 0 Å². The zero-order chi connectivity index (χ0) is 21.7. The van der Waals surface area contributed by atoms with Crippen LogP contribution in [0.5, 0.6) is 0 Å². The first-order valence-corrected chi connectivity index (χ1v) is 13.6. The summed E-state index contributed by atoms with van der Waals surface area (Å²) in [5, 5.41) is 10.3. The Balaban J connectivity index is 1.50. The number of aliphatic hydroxyl groups excluding tert-OH is 1. The number of rotatable bonds is 6. The normalized spacial score (nSPS) is 43.2. The zero-order valence-electron chi connectivity index (χ0n) is 21.0. The van der Waals surface area contributed by atoms with Crippen LogP contribution < -0.4 is 0 Å². The summed E-state index contributed by atoms with van der Waals surface area (Å²) in [7, 11) is 0. The van der Waals surface area contributed by atoms with Crippen LogP contribution in [0.15, 0.2) is 11.1 Å². The molecule has 0 radical (unpaired) electrons. The van der Waals surface area contributed by atoms with Crippen LogP contribution in [0.4, 0.5) is 0 Å². The van der Waals surface area contributed by atoms with Crippen molar-refractivity contribution in [1.29, 1.82) is 0 Å². The van der Waals surface area contributed by atoms with Gasteiger partial charge >= 0.3 is 0 Å². The molecule has 0 bridgehead atoms. The minimum absolute atomic E-state index is 0.0337. The Morgan fingerprint density at radius 3 is 2.43 bits per heavy atom. The molecule has 0 amide bonds. The molecular weight excluding hydrogens is 364 g/mol. The van der Waals surface area contributed by atoms with Crippen molar-refractivity contribution in [2.45, 2.75) is 125 Å². The largest absolute Gasteiger partial charge is 0.393 e. The molecule has 0 aromatic rings. The smallest absolute Gasteiger partial charge is 0.0543 e. The average Bonchev–Trinajstić information content (AvgIpc) is 3.06. The summed E-state index contributed by atoms with van der Waals surface area (Å²) in [6.45, 7) is 15.1. The SMILES string of the molecule is CC[C@H](CC[C@@H](C)[C@H]1CC[C@@H]2C3=C(CC[C@@]21C)[C@@]1(C)CC[C@H](O)C[C@H]1CC3)C(C)C. The molecule has 0 heterocycles. The molecule has 0 aromatic carbocycles. The lowest BCUT2D eigenvalue weighted by molar-refractivity contribution is 0.0131. The molecule has 0 aliphatic heterocycles. The van der Waals surface area contributed by atoms with Crippen LogP contribution in [0.3, 0.4) is 0 Å². The molecule has 4 aliphatic rings. The summed E-state index contributed by atoms with van der Waals surface area (Å²) in [6, 6.07) is 0. The Bertz CT molecular complexity index is 647. The van der Waals surface area contributed by atoms with Crippen LogP contribution in [-0.2, 0) is 0 Å². The number of hydrogen-bond donors (Lipinski definition) is 1. The van der Waals surface area contributed by atoms with Gasteiger partial charge in [-0.05, 0) is 111 Å². The van der Waals surface area contributed by atoms with Gasteiger partial charge in [0, 0.05) is 0 Å². The van der Waals surface area contributed by atoms with Crippen LogP contribution in [0.1, 0.15) is 119 Å². The third-order valence-electron chi connectivity index (χ3n) is 11.2. The highest BCUT2D eigenvalue weighted by Gasteiger charge is 2.55. The summed E-state index contributed by atoms with van der Waals surface area (Å²) in [4.78, 5) is 0. The second kappa shape index (κ2) is 8.57. The Hall–Kier alpha value is -0.300. The molecule has 1 N–H and O–H groups in total. The monoisotopic (exact) mass is 414 g/mol. The maximum Gasteiger partial charge on any atom is 0.0543 e. The fourth-order valence-corrected chi connectivity index (χ4v) is 9.10. The van der Waals surface area contributed by atoms with E-state index in [-0.39, 0.29) is 6.10 Å². The van der Waals surface area contributed by atoms with Crippen molar-refractivity contribution in [3.8, 4) is 0 Å². The van der Waals surface area contributed by atoms with Crippen LogP contribution >= 0.6 is 0 Å². The van der Waals surface area contributed by atoms with Gasteiger partial charge in [-0.1, -0.05) is 65.5 Å². The summed E-state index contributed by atoms with van der Waals surface area (Å²) < 4.78 is 0. The summed E-state index contributed by atoms with van der Waals surface area (Å²) in [6.07, 6.45) is 15.9. The lowest BCUT2D eigenvalue weighted by atomic mass is 9.50. The summed E-state index contributed by atoms with van der Waals surface area (Å²) in [5.74, 6) is 5.16. The quantitative estimate of drug-likeness (QED) is 0.434. The lowest BCUT2D eigenvalue weighted by Crippen LogP contribution is -2.45. The van der Waals surface area contributed by atoms with E-state index in [1.165, 1.54) is 64.2 Å². The molecule has 1 heteroatoms. The Morgan fingerprint density at radius 1 is 0.967 bits per heavy atom. The van der Waals surface area contributed by atoms with Crippen molar-refractivity contribution in [3.05, 3.63) is 11.1 Å². The van der Waals surface area contributed by atoms with Gasteiger partial charge < -0.3 is 5.11 Å². The van der Waals surface area contributed by atoms with E-state index >= 15 is 0 Å². The Labute approximate surface area is 187 Å². The fraction of sp³-hybridized carbons (Fsp3) is 0.931. The van der Waals surface area contributed by atoms with Gasteiger partial charge in [0.2, 0.25) is 0 Å². The van der Waals surface area contributed by atoms with Crippen LogP contribution in [0.2, 0.25) is 0 Å². The van der Waals surface area contributed by atoms with Crippen molar-refractivity contribution >= 4 is 0 Å². The predicted molar refractivity (Wildman–Crippen MR) is 128 cm³/mol. The van der Waals surface area contributed by atoms with E-state index in [0.29, 0.717) is 10.8 Å². The predicted octanol–water partition coefficient (Wildman–Crippen LogP) is 8.17. The van der Waals surface area contributed by atoms with E-state index in [9.17, 15) is 5.11 Å². The van der Waals surface area contributed by atoms with Crippen LogP contribution in [0, 0.1) is 46.3 Å². The summed E-state index contributed by atoms with van der Waals surface area (Å²) in [5.41, 5.74) is 4.76. The maximum atomic E-state index is 10.3. The van der Waals surface area contributed by atoms with Gasteiger partial charge in [-0.2, -0.15) is 0 Å². The van der Waals surface area contributed by atoms with E-state index < -0.39 is 0 Å². The molecular formula is C29H50O. The van der Waals surface area contributed by atoms with E-state index in [4.69, 9.17) is 0 Å². The third kappa shape index (κ3) is 3.74. The fourth-order valence-electron chi connectivity index (χ4n) is 9.10. The van der Waals surface area contributed by atoms with Gasteiger partial charge in [-0.3, -0.25) is 0 Å². The van der Waals surface area contributed by atoms with E-state index in [2.05, 4.69) is 41.5 Å². The molecule has 2 fully saturated rings. The van der Waals surface area contributed by atoms with Gasteiger partial charge in [0.1, 0.15) is 0 Å². The molecule has 0 aromatic heterocycles. The van der Waals surface area contributed by atoms with Crippen LogP contribution in [0.25, 0.3) is 0 Å². The number of allylic oxidation sites excluding steroid dienone is 2. The molecule has 0 saturated heterocycles. The Kier molecular flexibility index (Phi) is 6.53. The van der Waals surface area contributed by atoms with Crippen LogP contribution in [-0.4, -0.2) is 11.2 Å². The zero-order valence-corrected chi connectivity index (χ0v) is 21.0. The van der Waals surface area contributed by atoms with Gasteiger partial charge in [0.15, 0.2) is 0 Å². The van der Waals surface area contributed by atoms with Gasteiger partial charge in [-0.25, -0.2) is 0 Å². The van der Waals surface area contributed by atoms with Crippen molar-refractivity contribution in [3.63, 3.8) is 0 Å². The molecule has 4 rings (SSSR count). The second-order valence-corrected chi connectivity index (χ2v) is 12.8. The highest BCUT2D eigenvalue weighted by molar-refractivity contribution is 5.34. The molecule has 8 atom stereocenters. The summed E-state index contributed by atoms with van der Waals surface area (Å²) >= 11 is 0. The molecule has 0 unspecified atom stereocenters. The second-order valence-electron chi connectivity index (χ2n) is 12.8. The van der Waals surface area contributed by atoms with Gasteiger partial charge in [0.25, 0.3) is 0 Å². The maximum absolute atomic E-state index is 10.3. The number of aliphatic hydroxyl groups is 1. The molecule has 0 spiro atoms. The highest BCUT2D eigenvalue weighted by atomic mass is 16.3. The Morgan fingerprint density at radius 2 is 1.73 bits per heavy atom. The standard InChI is InChI=1S/C29H50O/c1-7-21(19(2)3)9-8-20(4)25-12-13-26-24-11-10-22-18-23(30)14-16-28(22,5)27(24)15-17-29(25,26)6/h19-23,25-26,30H,7-18H2,1-6H3/t20-,21-,22-,23+,25-,26-,28+,29-/m1/s1. The van der Waals surface area contributed by atoms with E-state index in [1.807, 2.05) is 11.1 Å². The van der Waals surface area contributed by atoms with Crippen molar-refractivity contribution < 1.29 is 5.11 Å². The molecule has 2 saturated carbocycles. The van der Waals surface area contributed by atoms with Crippen molar-refractivity contribution in [2.75, 3.05) is 0 Å². The highest BCUT2D eigenvalue weighted by Crippen LogP contribution is 2.66. The first-order chi connectivity index (χ1) is 14.2. The van der Waals surface area contributed by atoms with E-state index in [0.717, 1.165) is 48.3 Å².